The molecule has 1 nitrogen and oxygen atoms in total. The average Bonchev–Trinajstić information content (AvgIpc) is 0.918. The van der Waals surface area contributed by atoms with Crippen molar-refractivity contribution in [2.24, 2.45) is 0 Å². The second-order valence-corrected chi connectivity index (χ2v) is 0.753. The molecule has 0 radical (unpaired) electrons. The maximum absolute atomic E-state index is 4.19. The number of rotatable bonds is 0. The van der Waals surface area contributed by atoms with E-state index in [0.29, 0.717) is 0 Å². The fraction of sp³-hybridized carbons (Fsp3) is 1.00. The van der Waals surface area contributed by atoms with Crippen molar-refractivity contribution in [1.82, 2.24) is 0 Å². The molecule has 0 aliphatic rings. The van der Waals surface area contributed by atoms with Crippen LogP contribution in [0.5, 0.6) is 0 Å². The molecule has 0 rings (SSSR count). The fourth-order valence-corrected chi connectivity index (χ4v) is 0. The molecule has 0 heterocycles. The van der Waals surface area contributed by atoms with Gasteiger partial charge in [0.2, 0.25) is 0 Å². The topological polar surface area (TPSA) is 9.23 Å². The first-order valence-corrected chi connectivity index (χ1v) is 1.16. The molecular weight excluding hydrogens is 185 g/mol. The normalized spacial score (nSPS) is 2.83. The molecule has 0 aliphatic heterocycles. The summed E-state index contributed by atoms with van der Waals surface area (Å²) in [5.74, 6) is 0. The van der Waals surface area contributed by atoms with Gasteiger partial charge in [-0.15, -0.1) is 37.2 Å². The predicted molar refractivity (Wildman–Crippen MR) is 28.8 cm³/mol. The maximum Gasteiger partial charge on any atom is -0.147 e. The number of hydrogen-bond donors (Lipinski definition) is 0. The second kappa shape index (κ2) is 32.3. The molecule has 0 bridgehead atoms. The summed E-state index contributed by atoms with van der Waals surface area (Å²) < 4.78 is 4.19. The molecule has 0 unspecified atom stereocenters. The van der Waals surface area contributed by atoms with E-state index in [1.807, 2.05) is 17.8 Å². The molecule has 0 N–H and O–H groups in total. The Hall–Kier alpha value is 1.41. The van der Waals surface area contributed by atoms with Gasteiger partial charge < -0.3 is 0 Å². The smallest absolute Gasteiger partial charge is 0.147 e. The average molecular weight is 191 g/mol. The Kier molecular flexibility index (Phi) is 141. The zero-order valence-electron chi connectivity index (χ0n) is 3.08. The third-order valence-electron chi connectivity index (χ3n) is 0. The van der Waals surface area contributed by atoms with E-state index in [1.54, 1.807) is 7.11 Å². The fourth-order valence-electron chi connectivity index (χ4n) is 0. The van der Waals surface area contributed by atoms with Crippen LogP contribution in [-0.2, 0) is 21.4 Å². The standard InChI is InChI=1S/CH3O.3ClH.V/c1-2;;;;/h1H3;3*1H;/q-1;;;;+1. The summed E-state index contributed by atoms with van der Waals surface area (Å²) in [7, 11) is 1.60. The van der Waals surface area contributed by atoms with Crippen molar-refractivity contribution >= 4 is 37.2 Å². The van der Waals surface area contributed by atoms with Crippen LogP contribution in [0.25, 0.3) is 0 Å². The molecule has 0 fully saturated rings. The van der Waals surface area contributed by atoms with E-state index in [0.717, 1.165) is 0 Å². The predicted octanol–water partition coefficient (Wildman–Crippen LogP) is 1.36. The van der Waals surface area contributed by atoms with Crippen molar-refractivity contribution < 1.29 is 21.4 Å². The van der Waals surface area contributed by atoms with Gasteiger partial charge in [0.25, 0.3) is 0 Å². The van der Waals surface area contributed by atoms with Gasteiger partial charge in [0.15, 0.2) is 0 Å². The van der Waals surface area contributed by atoms with E-state index in [-0.39, 0.29) is 37.2 Å². The van der Waals surface area contributed by atoms with Gasteiger partial charge >= 0.3 is 28.5 Å². The molecule has 0 spiro atoms. The molecule has 0 atom stereocenters. The molecule has 0 aromatic carbocycles. The van der Waals surface area contributed by atoms with Crippen molar-refractivity contribution in [3.8, 4) is 0 Å². The van der Waals surface area contributed by atoms with Gasteiger partial charge in [-0.2, -0.15) is 0 Å². The monoisotopic (exact) mass is 190 g/mol. The van der Waals surface area contributed by atoms with E-state index >= 15 is 0 Å². The minimum absolute atomic E-state index is 0. The van der Waals surface area contributed by atoms with E-state index in [2.05, 4.69) is 3.66 Å². The largest absolute Gasteiger partial charge is 0.147 e. The van der Waals surface area contributed by atoms with E-state index in [9.17, 15) is 0 Å². The van der Waals surface area contributed by atoms with Crippen LogP contribution in [-0.4, -0.2) is 7.11 Å². The molecule has 0 aromatic rings. The molecule has 42 valence electrons. The first-order chi connectivity index (χ1) is 1.41. The molecular formula is CH6Cl3OV. The summed E-state index contributed by atoms with van der Waals surface area (Å²) in [6.07, 6.45) is 0. The van der Waals surface area contributed by atoms with Gasteiger partial charge in [0.05, 0.1) is 0 Å². The van der Waals surface area contributed by atoms with Gasteiger partial charge in [-0.05, 0) is 0 Å². The summed E-state index contributed by atoms with van der Waals surface area (Å²) >= 11 is 1.97. The molecule has 0 saturated carbocycles. The van der Waals surface area contributed by atoms with Crippen LogP contribution in [0.3, 0.4) is 0 Å². The summed E-state index contributed by atoms with van der Waals surface area (Å²) in [6.45, 7) is 0. The van der Waals surface area contributed by atoms with Crippen molar-refractivity contribution in [2.75, 3.05) is 7.11 Å². The van der Waals surface area contributed by atoms with Gasteiger partial charge in [0, 0.05) is 0 Å². The molecule has 0 aliphatic carbocycles. The summed E-state index contributed by atoms with van der Waals surface area (Å²) in [5, 5.41) is 0. The molecule has 6 heavy (non-hydrogen) atoms. The van der Waals surface area contributed by atoms with Crippen LogP contribution < -0.4 is 0 Å². The van der Waals surface area contributed by atoms with Crippen LogP contribution in [0, 0.1) is 0 Å². The Bertz CT molecular complexity index is 10.8. The molecule has 5 heteroatoms. The van der Waals surface area contributed by atoms with Gasteiger partial charge in [-0.1, -0.05) is 0 Å². The minimum atomic E-state index is 0. The summed E-state index contributed by atoms with van der Waals surface area (Å²) in [6, 6.07) is 0. The van der Waals surface area contributed by atoms with Gasteiger partial charge in [-0.25, -0.2) is 0 Å². The quantitative estimate of drug-likeness (QED) is 0.562. The third-order valence-corrected chi connectivity index (χ3v) is 0. The van der Waals surface area contributed by atoms with Crippen LogP contribution in [0.15, 0.2) is 0 Å². The van der Waals surface area contributed by atoms with E-state index in [1.165, 1.54) is 0 Å². The molecule has 0 amide bonds. The van der Waals surface area contributed by atoms with E-state index in [4.69, 9.17) is 0 Å². The first-order valence-electron chi connectivity index (χ1n) is 0.591. The zero-order chi connectivity index (χ0) is 2.71. The van der Waals surface area contributed by atoms with Crippen molar-refractivity contribution in [1.29, 1.82) is 0 Å². The number of halogens is 3. The van der Waals surface area contributed by atoms with Crippen molar-refractivity contribution in [3.05, 3.63) is 0 Å². The Morgan fingerprint density at radius 1 is 1.17 bits per heavy atom. The van der Waals surface area contributed by atoms with Crippen molar-refractivity contribution in [2.45, 2.75) is 0 Å². The van der Waals surface area contributed by atoms with Crippen molar-refractivity contribution in [3.63, 3.8) is 0 Å². The molecule has 0 aromatic heterocycles. The van der Waals surface area contributed by atoms with Gasteiger partial charge in [-0.3, -0.25) is 0 Å². The number of hydrogen-bond acceptors (Lipinski definition) is 1. The van der Waals surface area contributed by atoms with Gasteiger partial charge in [0.1, 0.15) is 0 Å². The second-order valence-electron chi connectivity index (χ2n) is 0.183. The summed E-state index contributed by atoms with van der Waals surface area (Å²) in [4.78, 5) is 0. The SMILES string of the molecule is C[O][V].Cl.Cl.Cl. The Balaban J connectivity index is -0.00000000667. The first kappa shape index (κ1) is 26.2. The third kappa shape index (κ3) is 52.7. The Labute approximate surface area is 65.8 Å². The van der Waals surface area contributed by atoms with Crippen LogP contribution >= 0.6 is 37.2 Å². The molecule has 0 saturated heterocycles. The van der Waals surface area contributed by atoms with Crippen LogP contribution in [0.1, 0.15) is 0 Å². The van der Waals surface area contributed by atoms with Crippen LogP contribution in [0.4, 0.5) is 0 Å². The maximum atomic E-state index is 4.19. The Morgan fingerprint density at radius 2 is 1.17 bits per heavy atom. The van der Waals surface area contributed by atoms with Crippen LogP contribution in [0.2, 0.25) is 0 Å². The van der Waals surface area contributed by atoms with E-state index < -0.39 is 0 Å². The Morgan fingerprint density at radius 3 is 1.17 bits per heavy atom. The minimum Gasteiger partial charge on any atom is -0.147 e. The zero-order valence-corrected chi connectivity index (χ0v) is 6.93. The summed E-state index contributed by atoms with van der Waals surface area (Å²) in [5.41, 5.74) is 0.